The Labute approximate surface area is 122 Å². The standard InChI is InChI=1S/C15H19N3OS/c16-14(19)10-20-15-17-12-8-4-5-9-13(12)18(15)11-6-2-1-3-7-11/h4-5,8-9,11H,1-3,6-7,10H2,(H2,16,19). The maximum Gasteiger partial charge on any atom is 0.227 e. The Morgan fingerprint density at radius 2 is 2.05 bits per heavy atom. The molecule has 1 fully saturated rings. The molecule has 1 aromatic heterocycles. The summed E-state index contributed by atoms with van der Waals surface area (Å²) in [6, 6.07) is 8.70. The molecule has 1 saturated carbocycles. The van der Waals surface area contributed by atoms with Crippen LogP contribution < -0.4 is 5.73 Å². The normalized spacial score (nSPS) is 16.6. The number of thioether (sulfide) groups is 1. The second kappa shape index (κ2) is 5.87. The number of benzene rings is 1. The third-order valence-electron chi connectivity index (χ3n) is 3.85. The van der Waals surface area contributed by atoms with Gasteiger partial charge in [-0.25, -0.2) is 4.98 Å². The van der Waals surface area contributed by atoms with E-state index in [4.69, 9.17) is 5.73 Å². The van der Waals surface area contributed by atoms with E-state index in [0.717, 1.165) is 10.7 Å². The summed E-state index contributed by atoms with van der Waals surface area (Å²) in [5.74, 6) is -0.00647. The number of imidazole rings is 1. The van der Waals surface area contributed by atoms with E-state index in [9.17, 15) is 4.79 Å². The maximum atomic E-state index is 11.0. The number of nitrogens with zero attached hydrogens (tertiary/aromatic N) is 2. The van der Waals surface area contributed by atoms with Gasteiger partial charge in [0, 0.05) is 6.04 Å². The first kappa shape index (κ1) is 13.5. The Bertz CT molecular complexity index is 617. The fourth-order valence-corrected chi connectivity index (χ4v) is 3.77. The average molecular weight is 289 g/mol. The molecule has 4 nitrogen and oxygen atoms in total. The van der Waals surface area contributed by atoms with Crippen molar-refractivity contribution in [3.8, 4) is 0 Å². The minimum absolute atomic E-state index is 0.288. The second-order valence-electron chi connectivity index (χ2n) is 5.30. The van der Waals surface area contributed by atoms with E-state index in [1.54, 1.807) is 0 Å². The lowest BCUT2D eigenvalue weighted by Crippen LogP contribution is -2.16. The van der Waals surface area contributed by atoms with Crippen molar-refractivity contribution >= 4 is 28.7 Å². The highest BCUT2D eigenvalue weighted by Gasteiger charge is 2.21. The molecule has 0 unspecified atom stereocenters. The topological polar surface area (TPSA) is 60.9 Å². The lowest BCUT2D eigenvalue weighted by atomic mass is 9.95. The molecule has 1 aliphatic carbocycles. The Balaban J connectivity index is 2.00. The van der Waals surface area contributed by atoms with Crippen molar-refractivity contribution in [3.63, 3.8) is 0 Å². The zero-order valence-electron chi connectivity index (χ0n) is 11.4. The molecule has 106 valence electrons. The highest BCUT2D eigenvalue weighted by atomic mass is 32.2. The summed E-state index contributed by atoms with van der Waals surface area (Å²) in [5.41, 5.74) is 7.44. The Morgan fingerprint density at radius 3 is 2.80 bits per heavy atom. The van der Waals surface area contributed by atoms with Crippen LogP contribution in [0.4, 0.5) is 0 Å². The minimum atomic E-state index is -0.294. The van der Waals surface area contributed by atoms with E-state index in [-0.39, 0.29) is 11.7 Å². The number of hydrogen-bond donors (Lipinski definition) is 1. The summed E-state index contributed by atoms with van der Waals surface area (Å²) >= 11 is 1.45. The first-order valence-electron chi connectivity index (χ1n) is 7.14. The predicted molar refractivity (Wildman–Crippen MR) is 81.8 cm³/mol. The van der Waals surface area contributed by atoms with Gasteiger partial charge in [-0.1, -0.05) is 43.2 Å². The van der Waals surface area contributed by atoms with Gasteiger partial charge < -0.3 is 10.3 Å². The molecule has 0 aliphatic heterocycles. The van der Waals surface area contributed by atoms with Crippen LogP contribution in [0.5, 0.6) is 0 Å². The third-order valence-corrected chi connectivity index (χ3v) is 4.82. The molecule has 2 aromatic rings. The molecular formula is C15H19N3OS. The van der Waals surface area contributed by atoms with Crippen LogP contribution in [0, 0.1) is 0 Å². The highest BCUT2D eigenvalue weighted by Crippen LogP contribution is 2.35. The van der Waals surface area contributed by atoms with Crippen LogP contribution in [0.2, 0.25) is 0 Å². The first-order chi connectivity index (χ1) is 9.75. The summed E-state index contributed by atoms with van der Waals surface area (Å²) in [5, 5.41) is 0.928. The molecule has 2 N–H and O–H groups in total. The van der Waals surface area contributed by atoms with E-state index in [2.05, 4.69) is 15.6 Å². The van der Waals surface area contributed by atoms with Gasteiger partial charge in [0.05, 0.1) is 16.8 Å². The van der Waals surface area contributed by atoms with Crippen LogP contribution in [0.3, 0.4) is 0 Å². The van der Waals surface area contributed by atoms with Gasteiger partial charge in [-0.3, -0.25) is 4.79 Å². The van der Waals surface area contributed by atoms with Crippen LogP contribution in [-0.2, 0) is 4.79 Å². The summed E-state index contributed by atoms with van der Waals surface area (Å²) in [7, 11) is 0. The fourth-order valence-electron chi connectivity index (χ4n) is 2.95. The fraction of sp³-hybridized carbons (Fsp3) is 0.467. The van der Waals surface area contributed by atoms with Gasteiger partial charge in [0.25, 0.3) is 0 Å². The third kappa shape index (κ3) is 2.68. The zero-order valence-corrected chi connectivity index (χ0v) is 12.2. The molecule has 0 spiro atoms. The first-order valence-corrected chi connectivity index (χ1v) is 8.12. The molecule has 3 rings (SSSR count). The molecule has 0 atom stereocenters. The smallest absolute Gasteiger partial charge is 0.227 e. The van der Waals surface area contributed by atoms with Crippen LogP contribution >= 0.6 is 11.8 Å². The second-order valence-corrected chi connectivity index (χ2v) is 6.24. The van der Waals surface area contributed by atoms with E-state index >= 15 is 0 Å². The molecule has 0 radical (unpaired) electrons. The van der Waals surface area contributed by atoms with Gasteiger partial charge in [-0.05, 0) is 25.0 Å². The summed E-state index contributed by atoms with van der Waals surface area (Å²) < 4.78 is 2.32. The molecule has 1 heterocycles. The summed E-state index contributed by atoms with van der Waals surface area (Å²) in [6.07, 6.45) is 6.27. The summed E-state index contributed by atoms with van der Waals surface area (Å²) in [6.45, 7) is 0. The van der Waals surface area contributed by atoms with Crippen molar-refractivity contribution in [1.82, 2.24) is 9.55 Å². The van der Waals surface area contributed by atoms with Crippen LogP contribution in [-0.4, -0.2) is 21.2 Å². The number of aromatic nitrogens is 2. The van der Waals surface area contributed by atoms with Crippen LogP contribution in [0.1, 0.15) is 38.1 Å². The number of carbonyl (C=O) groups is 1. The number of carbonyl (C=O) groups excluding carboxylic acids is 1. The van der Waals surface area contributed by atoms with Gasteiger partial charge in [-0.15, -0.1) is 0 Å². The van der Waals surface area contributed by atoms with Gasteiger partial charge in [-0.2, -0.15) is 0 Å². The van der Waals surface area contributed by atoms with E-state index < -0.39 is 0 Å². The van der Waals surface area contributed by atoms with E-state index in [1.807, 2.05) is 18.2 Å². The molecule has 0 bridgehead atoms. The Morgan fingerprint density at radius 1 is 1.30 bits per heavy atom. The number of nitrogens with two attached hydrogens (primary N) is 1. The SMILES string of the molecule is NC(=O)CSc1nc2ccccc2n1C1CCCCC1. The van der Waals surface area contributed by atoms with Gasteiger partial charge in [0.1, 0.15) is 0 Å². The number of rotatable bonds is 4. The monoisotopic (exact) mass is 289 g/mol. The van der Waals surface area contributed by atoms with Crippen molar-refractivity contribution in [1.29, 1.82) is 0 Å². The van der Waals surface area contributed by atoms with Gasteiger partial charge >= 0.3 is 0 Å². The molecule has 5 heteroatoms. The van der Waals surface area contributed by atoms with Crippen molar-refractivity contribution in [2.45, 2.75) is 43.3 Å². The largest absolute Gasteiger partial charge is 0.369 e. The lowest BCUT2D eigenvalue weighted by Gasteiger charge is -2.25. The van der Waals surface area contributed by atoms with Gasteiger partial charge in [0.2, 0.25) is 5.91 Å². The molecular weight excluding hydrogens is 270 g/mol. The predicted octanol–water partition coefficient (Wildman–Crippen LogP) is 3.12. The minimum Gasteiger partial charge on any atom is -0.369 e. The lowest BCUT2D eigenvalue weighted by molar-refractivity contribution is -0.115. The summed E-state index contributed by atoms with van der Waals surface area (Å²) in [4.78, 5) is 15.7. The van der Waals surface area contributed by atoms with Crippen molar-refractivity contribution < 1.29 is 4.79 Å². The number of fused-ring (bicyclic) bond motifs is 1. The zero-order chi connectivity index (χ0) is 13.9. The number of primary amides is 1. The number of amides is 1. The van der Waals surface area contributed by atoms with Crippen molar-refractivity contribution in [2.24, 2.45) is 5.73 Å². The van der Waals surface area contributed by atoms with Crippen molar-refractivity contribution in [3.05, 3.63) is 24.3 Å². The molecule has 20 heavy (non-hydrogen) atoms. The van der Waals surface area contributed by atoms with Gasteiger partial charge in [0.15, 0.2) is 5.16 Å². The maximum absolute atomic E-state index is 11.0. The highest BCUT2D eigenvalue weighted by molar-refractivity contribution is 7.99. The molecule has 0 saturated heterocycles. The quantitative estimate of drug-likeness (QED) is 0.880. The molecule has 1 amide bonds. The number of para-hydroxylation sites is 2. The average Bonchev–Trinajstić information content (AvgIpc) is 2.84. The van der Waals surface area contributed by atoms with E-state index in [1.165, 1.54) is 49.4 Å². The van der Waals surface area contributed by atoms with E-state index in [0.29, 0.717) is 6.04 Å². The Kier molecular flexibility index (Phi) is 3.96. The number of hydrogen-bond acceptors (Lipinski definition) is 3. The molecule has 1 aromatic carbocycles. The van der Waals surface area contributed by atoms with Crippen LogP contribution in [0.25, 0.3) is 11.0 Å². The van der Waals surface area contributed by atoms with Crippen molar-refractivity contribution in [2.75, 3.05) is 5.75 Å². The van der Waals surface area contributed by atoms with Crippen LogP contribution in [0.15, 0.2) is 29.4 Å². The molecule has 1 aliphatic rings. The Hall–Kier alpha value is -1.49.